The van der Waals surface area contributed by atoms with Crippen molar-refractivity contribution in [3.05, 3.63) is 12.7 Å². The lowest BCUT2D eigenvalue weighted by Gasteiger charge is -2.17. The first-order valence-corrected chi connectivity index (χ1v) is 4.70. The van der Waals surface area contributed by atoms with Crippen LogP contribution >= 0.6 is 11.8 Å². The molecule has 10 heavy (non-hydrogen) atoms. The normalized spacial score (nSPS) is 28.3. The number of rotatable bonds is 3. The summed E-state index contributed by atoms with van der Waals surface area (Å²) in [5.41, 5.74) is 2.76. The molecule has 2 unspecified atom stereocenters. The molecule has 1 rings (SSSR count). The molecule has 0 aromatic rings. The second kappa shape index (κ2) is 4.01. The Morgan fingerprint density at radius 2 is 2.60 bits per heavy atom. The van der Waals surface area contributed by atoms with Gasteiger partial charge in [-0.2, -0.15) is 11.8 Å². The van der Waals surface area contributed by atoms with Gasteiger partial charge in [0.05, 0.1) is 0 Å². The number of thioether (sulfide) groups is 1. The van der Waals surface area contributed by atoms with Crippen molar-refractivity contribution in [1.82, 2.24) is 5.43 Å². The highest BCUT2D eigenvalue weighted by atomic mass is 32.2. The van der Waals surface area contributed by atoms with Crippen LogP contribution in [0.1, 0.15) is 6.42 Å². The van der Waals surface area contributed by atoms with Crippen molar-refractivity contribution in [1.29, 1.82) is 0 Å². The molecule has 0 aromatic heterocycles. The molecule has 58 valence electrons. The van der Waals surface area contributed by atoms with E-state index in [9.17, 15) is 0 Å². The molecule has 2 atom stereocenters. The van der Waals surface area contributed by atoms with Gasteiger partial charge in [-0.3, -0.25) is 11.3 Å². The third-order valence-electron chi connectivity index (χ3n) is 1.92. The van der Waals surface area contributed by atoms with E-state index in [2.05, 4.69) is 12.0 Å². The molecule has 0 amide bonds. The van der Waals surface area contributed by atoms with Crippen molar-refractivity contribution in [3.63, 3.8) is 0 Å². The zero-order valence-corrected chi connectivity index (χ0v) is 6.86. The lowest BCUT2D eigenvalue weighted by molar-refractivity contribution is 0.452. The van der Waals surface area contributed by atoms with E-state index in [-0.39, 0.29) is 0 Å². The second-order valence-electron chi connectivity index (χ2n) is 2.55. The lowest BCUT2D eigenvalue weighted by Crippen LogP contribution is -2.39. The van der Waals surface area contributed by atoms with Gasteiger partial charge in [0.15, 0.2) is 0 Å². The van der Waals surface area contributed by atoms with Crippen LogP contribution in [0.3, 0.4) is 0 Å². The van der Waals surface area contributed by atoms with Gasteiger partial charge in [0.25, 0.3) is 0 Å². The predicted molar refractivity (Wildman–Crippen MR) is 46.7 cm³/mol. The maximum absolute atomic E-state index is 5.33. The van der Waals surface area contributed by atoms with E-state index in [1.54, 1.807) is 0 Å². The van der Waals surface area contributed by atoms with Crippen LogP contribution in [-0.4, -0.2) is 17.5 Å². The predicted octanol–water partition coefficient (Wildman–Crippen LogP) is 0.757. The van der Waals surface area contributed by atoms with E-state index in [1.165, 1.54) is 17.9 Å². The van der Waals surface area contributed by atoms with Gasteiger partial charge < -0.3 is 0 Å². The first-order chi connectivity index (χ1) is 4.88. The Labute approximate surface area is 66.2 Å². The SMILES string of the molecule is C=CC(NN)C1CCSC1. The van der Waals surface area contributed by atoms with Crippen molar-refractivity contribution in [2.45, 2.75) is 12.5 Å². The van der Waals surface area contributed by atoms with Gasteiger partial charge in [-0.15, -0.1) is 6.58 Å². The molecule has 1 saturated heterocycles. The van der Waals surface area contributed by atoms with Crippen LogP contribution in [-0.2, 0) is 0 Å². The zero-order valence-electron chi connectivity index (χ0n) is 6.05. The second-order valence-corrected chi connectivity index (χ2v) is 3.70. The molecule has 1 aliphatic heterocycles. The van der Waals surface area contributed by atoms with E-state index < -0.39 is 0 Å². The summed E-state index contributed by atoms with van der Waals surface area (Å²) in [5.74, 6) is 8.53. The number of hydrogen-bond acceptors (Lipinski definition) is 3. The van der Waals surface area contributed by atoms with Crippen LogP contribution < -0.4 is 11.3 Å². The number of nitrogens with one attached hydrogen (secondary N) is 1. The van der Waals surface area contributed by atoms with Crippen molar-refractivity contribution in [2.75, 3.05) is 11.5 Å². The Morgan fingerprint density at radius 3 is 3.00 bits per heavy atom. The van der Waals surface area contributed by atoms with Crippen LogP contribution in [0.5, 0.6) is 0 Å². The molecule has 0 bridgehead atoms. The van der Waals surface area contributed by atoms with Gasteiger partial charge in [0.1, 0.15) is 0 Å². The third kappa shape index (κ3) is 1.75. The Bertz CT molecular complexity index is 110. The largest absolute Gasteiger partial charge is 0.271 e. The smallest absolute Gasteiger partial charge is 0.0424 e. The van der Waals surface area contributed by atoms with Crippen LogP contribution in [0.2, 0.25) is 0 Å². The molecule has 0 aromatic carbocycles. The Kier molecular flexibility index (Phi) is 3.25. The van der Waals surface area contributed by atoms with Crippen LogP contribution in [0.25, 0.3) is 0 Å². The van der Waals surface area contributed by atoms with E-state index in [1.807, 2.05) is 17.8 Å². The molecule has 1 heterocycles. The van der Waals surface area contributed by atoms with E-state index in [0.717, 1.165) is 0 Å². The minimum Gasteiger partial charge on any atom is -0.271 e. The summed E-state index contributed by atoms with van der Waals surface area (Å²) in [4.78, 5) is 0. The quantitative estimate of drug-likeness (QED) is 0.362. The van der Waals surface area contributed by atoms with Gasteiger partial charge in [0.2, 0.25) is 0 Å². The van der Waals surface area contributed by atoms with Gasteiger partial charge in [-0.25, -0.2) is 0 Å². The summed E-state index contributed by atoms with van der Waals surface area (Å²) in [6, 6.07) is 0.315. The van der Waals surface area contributed by atoms with Crippen molar-refractivity contribution in [3.8, 4) is 0 Å². The van der Waals surface area contributed by atoms with Gasteiger partial charge in [-0.1, -0.05) is 6.08 Å². The molecule has 0 aliphatic carbocycles. The van der Waals surface area contributed by atoms with Crippen molar-refractivity contribution >= 4 is 11.8 Å². The third-order valence-corrected chi connectivity index (χ3v) is 3.11. The monoisotopic (exact) mass is 158 g/mol. The molecule has 0 saturated carbocycles. The van der Waals surface area contributed by atoms with Crippen LogP contribution in [0.4, 0.5) is 0 Å². The van der Waals surface area contributed by atoms with Crippen LogP contribution in [0.15, 0.2) is 12.7 Å². The molecule has 1 aliphatic rings. The molecular weight excluding hydrogens is 144 g/mol. The lowest BCUT2D eigenvalue weighted by atomic mass is 10.0. The number of nitrogens with two attached hydrogens (primary N) is 1. The molecular formula is C7H14N2S. The minimum absolute atomic E-state index is 0.315. The number of hydrogen-bond donors (Lipinski definition) is 2. The highest BCUT2D eigenvalue weighted by Crippen LogP contribution is 2.26. The fourth-order valence-corrected chi connectivity index (χ4v) is 2.55. The highest BCUT2D eigenvalue weighted by molar-refractivity contribution is 7.99. The fraction of sp³-hybridized carbons (Fsp3) is 0.714. The summed E-state index contributed by atoms with van der Waals surface area (Å²) in [6.07, 6.45) is 3.17. The standard InChI is InChI=1S/C7H14N2S/c1-2-7(9-8)6-3-4-10-5-6/h2,6-7,9H,1,3-5,8H2. The Hall–Kier alpha value is 0.0100. The molecule has 0 spiro atoms. The molecule has 1 fully saturated rings. The summed E-state index contributed by atoms with van der Waals surface area (Å²) < 4.78 is 0. The van der Waals surface area contributed by atoms with Crippen molar-refractivity contribution < 1.29 is 0 Å². The molecule has 0 radical (unpaired) electrons. The van der Waals surface area contributed by atoms with Crippen LogP contribution in [0, 0.1) is 5.92 Å². The Morgan fingerprint density at radius 1 is 1.80 bits per heavy atom. The highest BCUT2D eigenvalue weighted by Gasteiger charge is 2.21. The average Bonchev–Trinajstić information content (AvgIpc) is 2.43. The first kappa shape index (κ1) is 8.11. The maximum Gasteiger partial charge on any atom is 0.0424 e. The summed E-state index contributed by atoms with van der Waals surface area (Å²) >= 11 is 2.00. The molecule has 3 heteroatoms. The average molecular weight is 158 g/mol. The Balaban J connectivity index is 2.36. The maximum atomic E-state index is 5.33. The molecule has 3 N–H and O–H groups in total. The van der Waals surface area contributed by atoms with Crippen molar-refractivity contribution in [2.24, 2.45) is 11.8 Å². The zero-order chi connectivity index (χ0) is 7.40. The fourth-order valence-electron chi connectivity index (χ4n) is 1.23. The van der Waals surface area contributed by atoms with E-state index in [4.69, 9.17) is 5.84 Å². The minimum atomic E-state index is 0.315. The summed E-state index contributed by atoms with van der Waals surface area (Å²) in [5, 5.41) is 0. The van der Waals surface area contributed by atoms with E-state index >= 15 is 0 Å². The summed E-state index contributed by atoms with van der Waals surface area (Å²) in [7, 11) is 0. The first-order valence-electron chi connectivity index (χ1n) is 3.55. The number of hydrazine groups is 1. The molecule has 2 nitrogen and oxygen atoms in total. The van der Waals surface area contributed by atoms with Gasteiger partial charge >= 0.3 is 0 Å². The summed E-state index contributed by atoms with van der Waals surface area (Å²) in [6.45, 7) is 3.72. The van der Waals surface area contributed by atoms with Gasteiger partial charge in [0, 0.05) is 6.04 Å². The van der Waals surface area contributed by atoms with Gasteiger partial charge in [-0.05, 0) is 23.8 Å². The van der Waals surface area contributed by atoms with E-state index in [0.29, 0.717) is 12.0 Å². The topological polar surface area (TPSA) is 38.0 Å².